The summed E-state index contributed by atoms with van der Waals surface area (Å²) in [6.07, 6.45) is 0.651. The van der Waals surface area contributed by atoms with E-state index >= 15 is 0 Å². The van der Waals surface area contributed by atoms with Crippen LogP contribution in [0.15, 0.2) is 0 Å². The SMILES string of the molecule is CC(C)CC(NC(=O)CNC(C)(C)C)C(=O)N(C)C. The molecule has 0 saturated heterocycles. The predicted octanol–water partition coefficient (Wildman–Crippen LogP) is 0.994. The summed E-state index contributed by atoms with van der Waals surface area (Å²) in [5, 5.41) is 5.92. The molecule has 0 aromatic carbocycles. The Hall–Kier alpha value is -1.10. The lowest BCUT2D eigenvalue weighted by atomic mass is 10.0. The van der Waals surface area contributed by atoms with Crippen molar-refractivity contribution >= 4 is 11.8 Å². The van der Waals surface area contributed by atoms with E-state index in [1.807, 2.05) is 34.6 Å². The zero-order chi connectivity index (χ0) is 15.2. The van der Waals surface area contributed by atoms with Crippen LogP contribution in [0.5, 0.6) is 0 Å². The zero-order valence-corrected chi connectivity index (χ0v) is 13.3. The molecule has 112 valence electrons. The first kappa shape index (κ1) is 17.9. The third-order valence-corrected chi connectivity index (χ3v) is 2.56. The number of nitrogens with zero attached hydrogens (tertiary/aromatic N) is 1. The highest BCUT2D eigenvalue weighted by molar-refractivity contribution is 5.88. The first-order chi connectivity index (χ1) is 8.53. The minimum Gasteiger partial charge on any atom is -0.347 e. The molecule has 0 rings (SSSR count). The molecule has 0 saturated carbocycles. The lowest BCUT2D eigenvalue weighted by Crippen LogP contribution is -2.51. The number of hydrogen-bond acceptors (Lipinski definition) is 3. The first-order valence-electron chi connectivity index (χ1n) is 6.78. The molecule has 0 aliphatic carbocycles. The van der Waals surface area contributed by atoms with Gasteiger partial charge in [0.05, 0.1) is 6.54 Å². The number of nitrogens with one attached hydrogen (secondary N) is 2. The predicted molar refractivity (Wildman–Crippen MR) is 77.8 cm³/mol. The van der Waals surface area contributed by atoms with Crippen molar-refractivity contribution in [2.75, 3.05) is 20.6 Å². The second-order valence-corrected chi connectivity index (χ2v) is 6.59. The Morgan fingerprint density at radius 1 is 1.16 bits per heavy atom. The van der Waals surface area contributed by atoms with Gasteiger partial charge in [-0.15, -0.1) is 0 Å². The monoisotopic (exact) mass is 271 g/mol. The van der Waals surface area contributed by atoms with Gasteiger partial charge in [-0.25, -0.2) is 0 Å². The van der Waals surface area contributed by atoms with Crippen LogP contribution in [-0.4, -0.2) is 48.9 Å². The number of likely N-dealkylation sites (N-methyl/N-ethyl adjacent to an activating group) is 1. The lowest BCUT2D eigenvalue weighted by molar-refractivity contribution is -0.134. The van der Waals surface area contributed by atoms with E-state index in [0.717, 1.165) is 0 Å². The molecule has 5 heteroatoms. The van der Waals surface area contributed by atoms with Crippen molar-refractivity contribution in [1.82, 2.24) is 15.5 Å². The van der Waals surface area contributed by atoms with E-state index in [2.05, 4.69) is 10.6 Å². The highest BCUT2D eigenvalue weighted by Crippen LogP contribution is 2.07. The summed E-state index contributed by atoms with van der Waals surface area (Å²) >= 11 is 0. The van der Waals surface area contributed by atoms with Crippen LogP contribution in [-0.2, 0) is 9.59 Å². The van der Waals surface area contributed by atoms with Gasteiger partial charge < -0.3 is 15.5 Å². The van der Waals surface area contributed by atoms with E-state index in [-0.39, 0.29) is 23.9 Å². The summed E-state index contributed by atoms with van der Waals surface area (Å²) < 4.78 is 0. The molecular weight excluding hydrogens is 242 g/mol. The molecule has 1 unspecified atom stereocenters. The molecule has 2 N–H and O–H groups in total. The Kier molecular flexibility index (Phi) is 7.05. The first-order valence-corrected chi connectivity index (χ1v) is 6.78. The van der Waals surface area contributed by atoms with E-state index < -0.39 is 6.04 Å². The Morgan fingerprint density at radius 2 is 1.68 bits per heavy atom. The summed E-state index contributed by atoms with van der Waals surface area (Å²) in [6.45, 7) is 10.3. The molecule has 0 bridgehead atoms. The maximum Gasteiger partial charge on any atom is 0.244 e. The molecule has 0 fully saturated rings. The van der Waals surface area contributed by atoms with Crippen LogP contribution in [0, 0.1) is 5.92 Å². The van der Waals surface area contributed by atoms with Gasteiger partial charge in [0.1, 0.15) is 6.04 Å². The quantitative estimate of drug-likeness (QED) is 0.757. The summed E-state index contributed by atoms with van der Waals surface area (Å²) in [5.74, 6) is 0.151. The van der Waals surface area contributed by atoms with Gasteiger partial charge in [0.2, 0.25) is 11.8 Å². The van der Waals surface area contributed by atoms with Crippen molar-refractivity contribution in [3.63, 3.8) is 0 Å². The van der Waals surface area contributed by atoms with Crippen LogP contribution in [0.25, 0.3) is 0 Å². The topological polar surface area (TPSA) is 61.4 Å². The smallest absolute Gasteiger partial charge is 0.244 e. The van der Waals surface area contributed by atoms with Gasteiger partial charge in [-0.2, -0.15) is 0 Å². The van der Waals surface area contributed by atoms with E-state index in [4.69, 9.17) is 0 Å². The van der Waals surface area contributed by atoms with Crippen molar-refractivity contribution in [3.05, 3.63) is 0 Å². The Bertz CT molecular complexity index is 306. The van der Waals surface area contributed by atoms with Crippen molar-refractivity contribution in [2.24, 2.45) is 5.92 Å². The molecule has 5 nitrogen and oxygen atoms in total. The molecule has 19 heavy (non-hydrogen) atoms. The van der Waals surface area contributed by atoms with Crippen LogP contribution < -0.4 is 10.6 Å². The fourth-order valence-electron chi connectivity index (χ4n) is 1.60. The van der Waals surface area contributed by atoms with Gasteiger partial charge in [-0.3, -0.25) is 9.59 Å². The molecule has 0 aliphatic rings. The van der Waals surface area contributed by atoms with Crippen LogP contribution in [0.3, 0.4) is 0 Å². The molecule has 0 aromatic heterocycles. The zero-order valence-electron chi connectivity index (χ0n) is 13.3. The highest BCUT2D eigenvalue weighted by Gasteiger charge is 2.23. The van der Waals surface area contributed by atoms with Crippen molar-refractivity contribution in [1.29, 1.82) is 0 Å². The molecule has 0 heterocycles. The van der Waals surface area contributed by atoms with Gasteiger partial charge >= 0.3 is 0 Å². The Balaban J connectivity index is 4.47. The van der Waals surface area contributed by atoms with E-state index in [0.29, 0.717) is 12.3 Å². The fraction of sp³-hybridized carbons (Fsp3) is 0.857. The summed E-state index contributed by atoms with van der Waals surface area (Å²) in [7, 11) is 3.41. The van der Waals surface area contributed by atoms with Gasteiger partial charge in [0.25, 0.3) is 0 Å². The molecule has 2 amide bonds. The fourth-order valence-corrected chi connectivity index (χ4v) is 1.60. The molecule has 0 spiro atoms. The molecule has 0 aliphatic heterocycles. The number of carbonyl (C=O) groups excluding carboxylic acids is 2. The number of rotatable bonds is 6. The van der Waals surface area contributed by atoms with Crippen molar-refractivity contribution in [2.45, 2.75) is 52.6 Å². The minimum atomic E-state index is -0.440. The summed E-state index contributed by atoms with van der Waals surface area (Å²) in [5.41, 5.74) is -0.115. The number of carbonyl (C=O) groups is 2. The highest BCUT2D eigenvalue weighted by atomic mass is 16.2. The molecule has 1 atom stereocenters. The van der Waals surface area contributed by atoms with Crippen LogP contribution in [0.1, 0.15) is 41.0 Å². The standard InChI is InChI=1S/C14H29N3O2/c1-10(2)8-11(13(19)17(6)7)16-12(18)9-15-14(3,4)5/h10-11,15H,8-9H2,1-7H3,(H,16,18). The lowest BCUT2D eigenvalue weighted by Gasteiger charge is -2.25. The summed E-state index contributed by atoms with van der Waals surface area (Å²) in [6, 6.07) is -0.440. The van der Waals surface area contributed by atoms with E-state index in [9.17, 15) is 9.59 Å². The van der Waals surface area contributed by atoms with Crippen molar-refractivity contribution in [3.8, 4) is 0 Å². The van der Waals surface area contributed by atoms with Crippen LogP contribution in [0.2, 0.25) is 0 Å². The number of amides is 2. The van der Waals surface area contributed by atoms with Gasteiger partial charge in [0.15, 0.2) is 0 Å². The Labute approximate surface area is 117 Å². The average molecular weight is 271 g/mol. The normalized spacial score (nSPS) is 13.3. The molecular formula is C14H29N3O2. The third-order valence-electron chi connectivity index (χ3n) is 2.56. The van der Waals surface area contributed by atoms with Gasteiger partial charge in [0, 0.05) is 19.6 Å². The maximum atomic E-state index is 12.0. The largest absolute Gasteiger partial charge is 0.347 e. The van der Waals surface area contributed by atoms with E-state index in [1.54, 1.807) is 14.1 Å². The van der Waals surface area contributed by atoms with E-state index in [1.165, 1.54) is 4.90 Å². The van der Waals surface area contributed by atoms with Crippen molar-refractivity contribution < 1.29 is 9.59 Å². The Morgan fingerprint density at radius 3 is 2.05 bits per heavy atom. The summed E-state index contributed by atoms with van der Waals surface area (Å²) in [4.78, 5) is 25.4. The van der Waals surface area contributed by atoms with Gasteiger partial charge in [-0.05, 0) is 33.1 Å². The van der Waals surface area contributed by atoms with Crippen LogP contribution in [0.4, 0.5) is 0 Å². The second kappa shape index (κ2) is 7.48. The number of hydrogen-bond donors (Lipinski definition) is 2. The maximum absolute atomic E-state index is 12.0. The minimum absolute atomic E-state index is 0.0576. The molecule has 0 aromatic rings. The second-order valence-electron chi connectivity index (χ2n) is 6.59. The van der Waals surface area contributed by atoms with Crippen LogP contribution >= 0.6 is 0 Å². The molecule has 0 radical (unpaired) electrons. The average Bonchev–Trinajstić information content (AvgIpc) is 2.22. The third kappa shape index (κ3) is 8.59. The van der Waals surface area contributed by atoms with Gasteiger partial charge in [-0.1, -0.05) is 13.8 Å².